The van der Waals surface area contributed by atoms with Crippen molar-refractivity contribution in [1.82, 2.24) is 0 Å². The lowest BCUT2D eigenvalue weighted by molar-refractivity contribution is -0.167. The van der Waals surface area contributed by atoms with Crippen molar-refractivity contribution in [3.8, 4) is 0 Å². The summed E-state index contributed by atoms with van der Waals surface area (Å²) in [6.45, 7) is 13.7. The molecule has 6 nitrogen and oxygen atoms in total. The molecule has 0 rings (SSSR count). The van der Waals surface area contributed by atoms with Gasteiger partial charge in [0.2, 0.25) is 0 Å². The number of carbonyl (C=O) groups excluding carboxylic acids is 3. The topological polar surface area (TPSA) is 78.9 Å². The molecule has 59 heavy (non-hydrogen) atoms. The van der Waals surface area contributed by atoms with Crippen molar-refractivity contribution >= 4 is 17.9 Å². The Balaban J connectivity index is 4.28. The summed E-state index contributed by atoms with van der Waals surface area (Å²) in [6.07, 6.45) is 43.8. The van der Waals surface area contributed by atoms with Crippen LogP contribution in [0.15, 0.2) is 0 Å². The van der Waals surface area contributed by atoms with Crippen LogP contribution < -0.4 is 0 Å². The van der Waals surface area contributed by atoms with E-state index in [-0.39, 0.29) is 31.1 Å². The average Bonchev–Trinajstić information content (AvgIpc) is 3.22. The summed E-state index contributed by atoms with van der Waals surface area (Å²) in [6, 6.07) is 0. The molecule has 0 heterocycles. The summed E-state index contributed by atoms with van der Waals surface area (Å²) in [5.74, 6) is 1.66. The van der Waals surface area contributed by atoms with E-state index in [2.05, 4.69) is 41.5 Å². The van der Waals surface area contributed by atoms with Crippen LogP contribution in [0.25, 0.3) is 0 Å². The minimum atomic E-state index is -0.763. The van der Waals surface area contributed by atoms with Gasteiger partial charge in [0.1, 0.15) is 13.2 Å². The number of esters is 3. The molecule has 0 aromatic rings. The maximum atomic E-state index is 12.8. The first-order valence-corrected chi connectivity index (χ1v) is 26.2. The molecule has 0 aliphatic heterocycles. The van der Waals surface area contributed by atoms with Crippen LogP contribution in [0.2, 0.25) is 0 Å². The lowest BCUT2D eigenvalue weighted by atomic mass is 9.99. The summed E-state index contributed by atoms with van der Waals surface area (Å²) in [5.41, 5.74) is 0. The van der Waals surface area contributed by atoms with E-state index in [1.54, 1.807) is 0 Å². The average molecular weight is 835 g/mol. The van der Waals surface area contributed by atoms with E-state index >= 15 is 0 Å². The molecule has 350 valence electrons. The lowest BCUT2D eigenvalue weighted by Gasteiger charge is -2.18. The van der Waals surface area contributed by atoms with Crippen molar-refractivity contribution in [3.05, 3.63) is 0 Å². The largest absolute Gasteiger partial charge is 0.462 e. The van der Waals surface area contributed by atoms with Crippen LogP contribution in [-0.4, -0.2) is 37.2 Å². The molecule has 0 aliphatic carbocycles. The van der Waals surface area contributed by atoms with Gasteiger partial charge in [-0.15, -0.1) is 0 Å². The van der Waals surface area contributed by atoms with E-state index in [1.807, 2.05) is 0 Å². The van der Waals surface area contributed by atoms with E-state index < -0.39 is 6.10 Å². The quantitative estimate of drug-likeness (QED) is 0.0345. The van der Waals surface area contributed by atoms with Crippen LogP contribution >= 0.6 is 0 Å². The van der Waals surface area contributed by atoms with E-state index in [0.29, 0.717) is 19.3 Å². The van der Waals surface area contributed by atoms with E-state index in [4.69, 9.17) is 14.2 Å². The Morgan fingerprint density at radius 1 is 0.339 bits per heavy atom. The van der Waals surface area contributed by atoms with Crippen molar-refractivity contribution in [2.45, 2.75) is 292 Å². The fourth-order valence-corrected chi connectivity index (χ4v) is 7.87. The molecule has 0 amide bonds. The van der Waals surface area contributed by atoms with Crippen molar-refractivity contribution in [2.24, 2.45) is 17.8 Å². The second kappa shape index (κ2) is 44.5. The zero-order valence-corrected chi connectivity index (χ0v) is 40.5. The van der Waals surface area contributed by atoms with Crippen molar-refractivity contribution in [3.63, 3.8) is 0 Å². The van der Waals surface area contributed by atoms with Gasteiger partial charge in [-0.2, -0.15) is 0 Å². The predicted molar refractivity (Wildman–Crippen MR) is 252 cm³/mol. The normalized spacial score (nSPS) is 13.1. The highest BCUT2D eigenvalue weighted by molar-refractivity contribution is 5.71. The summed E-state index contributed by atoms with van der Waals surface area (Å²) in [5, 5.41) is 0. The summed E-state index contributed by atoms with van der Waals surface area (Å²) in [4.78, 5) is 37.9. The molecule has 0 radical (unpaired) electrons. The van der Waals surface area contributed by atoms with Gasteiger partial charge in [0.15, 0.2) is 6.10 Å². The highest BCUT2D eigenvalue weighted by Gasteiger charge is 2.19. The van der Waals surface area contributed by atoms with Gasteiger partial charge in [0.05, 0.1) is 0 Å². The zero-order chi connectivity index (χ0) is 43.4. The Hall–Kier alpha value is -1.59. The van der Waals surface area contributed by atoms with Crippen molar-refractivity contribution in [2.75, 3.05) is 13.2 Å². The maximum Gasteiger partial charge on any atom is 0.306 e. The number of hydrogen-bond acceptors (Lipinski definition) is 6. The summed E-state index contributed by atoms with van der Waals surface area (Å²) >= 11 is 0. The molecule has 0 aromatic carbocycles. The summed E-state index contributed by atoms with van der Waals surface area (Å²) in [7, 11) is 0. The SMILES string of the molecule is CCC(C)CCCCCCCCCCC(=O)OC[C@H](COC(=O)CCCCCCCCC(C)CC)OC(=O)CCCCCCCCCCCCCCCCCCC(C)C. The van der Waals surface area contributed by atoms with Gasteiger partial charge in [-0.25, -0.2) is 0 Å². The van der Waals surface area contributed by atoms with Crippen molar-refractivity contribution < 1.29 is 28.6 Å². The molecule has 0 fully saturated rings. The number of unbranched alkanes of at least 4 members (excludes halogenated alkanes) is 27. The first kappa shape index (κ1) is 57.4. The Bertz CT molecular complexity index is 918. The van der Waals surface area contributed by atoms with Crippen LogP contribution in [0.5, 0.6) is 0 Å². The third-order valence-electron chi connectivity index (χ3n) is 12.6. The smallest absolute Gasteiger partial charge is 0.306 e. The standard InChI is InChI=1S/C53H102O6/c1-7-48(5)40-34-28-22-19-20-23-30-36-42-51(54)57-45-50(46-58-52(55)43-37-31-26-25-29-35-41-49(6)8-2)59-53(56)44-38-32-24-18-16-14-12-10-9-11-13-15-17-21-27-33-39-47(3)4/h47-50H,7-46H2,1-6H3/t48?,49?,50-/m1/s1. The van der Waals surface area contributed by atoms with Crippen LogP contribution in [-0.2, 0) is 28.6 Å². The second-order valence-corrected chi connectivity index (χ2v) is 19.1. The van der Waals surface area contributed by atoms with Gasteiger partial charge in [-0.1, -0.05) is 247 Å². The molecule has 0 saturated heterocycles. The van der Waals surface area contributed by atoms with E-state index in [0.717, 1.165) is 75.5 Å². The molecular weight excluding hydrogens is 733 g/mol. The third kappa shape index (κ3) is 44.3. The fourth-order valence-electron chi connectivity index (χ4n) is 7.87. The second-order valence-electron chi connectivity index (χ2n) is 19.1. The minimum absolute atomic E-state index is 0.0658. The molecule has 0 aliphatic rings. The zero-order valence-electron chi connectivity index (χ0n) is 40.5. The fraction of sp³-hybridized carbons (Fsp3) is 0.943. The van der Waals surface area contributed by atoms with Gasteiger partial charge in [0, 0.05) is 19.3 Å². The first-order valence-electron chi connectivity index (χ1n) is 26.2. The summed E-state index contributed by atoms with van der Waals surface area (Å²) < 4.78 is 16.8. The Kier molecular flexibility index (Phi) is 43.3. The van der Waals surface area contributed by atoms with E-state index in [9.17, 15) is 14.4 Å². The molecule has 0 aromatic heterocycles. The van der Waals surface area contributed by atoms with Crippen LogP contribution in [0.3, 0.4) is 0 Å². The third-order valence-corrected chi connectivity index (χ3v) is 12.6. The monoisotopic (exact) mass is 835 g/mol. The van der Waals surface area contributed by atoms with Gasteiger partial charge in [-0.3, -0.25) is 14.4 Å². The molecule has 6 heteroatoms. The molecule has 2 unspecified atom stereocenters. The first-order chi connectivity index (χ1) is 28.7. The molecule has 0 saturated carbocycles. The number of hydrogen-bond donors (Lipinski definition) is 0. The van der Waals surface area contributed by atoms with E-state index in [1.165, 1.54) is 167 Å². The Labute approximate surface area is 368 Å². The van der Waals surface area contributed by atoms with Crippen LogP contribution in [0, 0.1) is 17.8 Å². The van der Waals surface area contributed by atoms with Crippen LogP contribution in [0.1, 0.15) is 286 Å². The lowest BCUT2D eigenvalue weighted by Crippen LogP contribution is -2.30. The van der Waals surface area contributed by atoms with Crippen molar-refractivity contribution in [1.29, 1.82) is 0 Å². The highest BCUT2D eigenvalue weighted by Crippen LogP contribution is 2.18. The Morgan fingerprint density at radius 3 is 0.881 bits per heavy atom. The number of ether oxygens (including phenoxy) is 3. The van der Waals surface area contributed by atoms with Gasteiger partial charge in [-0.05, 0) is 37.0 Å². The van der Waals surface area contributed by atoms with Gasteiger partial charge in [0.25, 0.3) is 0 Å². The molecule has 3 atom stereocenters. The molecule has 0 bridgehead atoms. The molecule has 0 spiro atoms. The van der Waals surface area contributed by atoms with Gasteiger partial charge < -0.3 is 14.2 Å². The number of rotatable bonds is 46. The highest BCUT2D eigenvalue weighted by atomic mass is 16.6. The van der Waals surface area contributed by atoms with Crippen LogP contribution in [0.4, 0.5) is 0 Å². The minimum Gasteiger partial charge on any atom is -0.462 e. The molecular formula is C53H102O6. The maximum absolute atomic E-state index is 12.8. The molecule has 0 N–H and O–H groups in total. The predicted octanol–water partition coefficient (Wildman–Crippen LogP) is 16.8. The Morgan fingerprint density at radius 2 is 0.593 bits per heavy atom. The number of carbonyl (C=O) groups is 3. The van der Waals surface area contributed by atoms with Gasteiger partial charge >= 0.3 is 17.9 Å².